The van der Waals surface area contributed by atoms with E-state index in [1.807, 2.05) is 211 Å². The minimum Gasteiger partial charge on any atom is -0.400 e. The Morgan fingerprint density at radius 3 is 1.59 bits per heavy atom. The third-order valence-corrected chi connectivity index (χ3v) is 26.4. The van der Waals surface area contributed by atoms with E-state index in [0.717, 1.165) is 66.4 Å². The fourth-order valence-corrected chi connectivity index (χ4v) is 23.1. The second kappa shape index (κ2) is 20.9. The number of nitrogen functional groups attached to an aromatic ring is 1. The Labute approximate surface area is 546 Å². The zero-order valence-electron chi connectivity index (χ0n) is 49.6. The highest BCUT2D eigenvalue weighted by Crippen LogP contribution is 2.54. The molecule has 94 heavy (non-hydrogen) atoms. The second-order valence-electron chi connectivity index (χ2n) is 23.2. The molecule has 0 aliphatic carbocycles. The van der Waals surface area contributed by atoms with Crippen molar-refractivity contribution in [2.45, 2.75) is 6.54 Å². The Bertz CT molecular complexity index is 5680. The van der Waals surface area contributed by atoms with Crippen molar-refractivity contribution in [3.63, 3.8) is 0 Å². The standard InChI is InChI=1S/2C33H20N8.C6H7O3P.2Al/c1-18-19-10-2-4-12-21(19)28(35-18)37-30-23-14-6-8-16-25(23)32(39-30)41-33-26-17-9-7-15-24(26)31(40-33)38-29-22-13-5-3-11-20(22)27(34)36-29;1-34-27-21-12-4-5-13-22(21)29(36-27)38-31-25-16-8-9-17-26(25)33(40-31)41-32-24-15-7-6-14-23(24)30(39-32)37-28-20-11-3-2-10-19(20)18-35-28;7-10(8,9)6-4-2-1-3-5-6;;/h2-17H,1,34H2;2-17H,1,18H2;1-5H,(H2,7,8,9);;/q2*-2;;2*+3/p-2/b;38-29-;;;. The van der Waals surface area contributed by atoms with E-state index in [9.17, 15) is 0 Å². The summed E-state index contributed by atoms with van der Waals surface area (Å²) in [5.74, 6) is 5.95. The van der Waals surface area contributed by atoms with Crippen LogP contribution >= 0.6 is 7.60 Å². The van der Waals surface area contributed by atoms with Crippen LogP contribution in [-0.2, 0) is 18.3 Å². The molecule has 4 bridgehead atoms. The maximum absolute atomic E-state index is 18.5. The van der Waals surface area contributed by atoms with Gasteiger partial charge in [0.05, 0.1) is 16.8 Å². The van der Waals surface area contributed by atoms with Crippen molar-refractivity contribution >= 4 is 158 Å². The average Bonchev–Trinajstić information content (AvgIpc) is 1.59. The number of aliphatic imine (C=N–C) groups is 11. The van der Waals surface area contributed by atoms with E-state index in [1.54, 1.807) is 12.1 Å². The van der Waals surface area contributed by atoms with Gasteiger partial charge in [-0.2, -0.15) is 0 Å². The van der Waals surface area contributed by atoms with Gasteiger partial charge in [-0.1, -0.05) is 219 Å². The number of aromatic nitrogens is 2. The summed E-state index contributed by atoms with van der Waals surface area (Å²) in [5, 5.41) is 3.09. The molecule has 0 spiro atoms. The minimum absolute atomic E-state index is 0.253. The molecule has 9 aromatic carbocycles. The van der Waals surface area contributed by atoms with Crippen LogP contribution in [0.1, 0.15) is 66.8 Å². The van der Waals surface area contributed by atoms with Crippen LogP contribution in [0.2, 0.25) is 0 Å². The summed E-state index contributed by atoms with van der Waals surface area (Å²) >= 11 is -7.96. The number of amidine groups is 10. The van der Waals surface area contributed by atoms with Crippen LogP contribution in [0.4, 0.5) is 23.3 Å². The molecule has 2 aromatic heterocycles. The number of anilines is 1. The quantitative estimate of drug-likeness (QED) is 0.0970. The van der Waals surface area contributed by atoms with Gasteiger partial charge in [0.2, 0.25) is 0 Å². The number of benzene rings is 9. The number of fused-ring (bicyclic) bond motifs is 22. The third kappa shape index (κ3) is 8.18. The van der Waals surface area contributed by atoms with Crippen molar-refractivity contribution in [2.75, 3.05) is 5.73 Å². The highest BCUT2D eigenvalue weighted by atomic mass is 31.2. The van der Waals surface area contributed by atoms with Crippen LogP contribution in [-0.4, -0.2) is 110 Å². The Balaban J connectivity index is 0.907. The summed E-state index contributed by atoms with van der Waals surface area (Å²) in [5.41, 5.74) is 17.8. The van der Waals surface area contributed by atoms with E-state index in [0.29, 0.717) is 109 Å². The molecule has 0 radical (unpaired) electrons. The van der Waals surface area contributed by atoms with Crippen molar-refractivity contribution in [1.82, 2.24) is 14.9 Å². The second-order valence-corrected chi connectivity index (χ2v) is 29.9. The Hall–Kier alpha value is -11.2. The molecular weight excluding hydrogens is 1220 g/mol. The third-order valence-electron chi connectivity index (χ3n) is 18.0. The summed E-state index contributed by atoms with van der Waals surface area (Å²) in [4.78, 5) is 58.4. The van der Waals surface area contributed by atoms with Gasteiger partial charge >= 0.3 is 37.4 Å². The molecule has 0 saturated heterocycles. The molecule has 1 atom stereocenters. The van der Waals surface area contributed by atoms with Gasteiger partial charge in [-0.05, 0) is 24.4 Å². The molecule has 8 aliphatic rings. The van der Waals surface area contributed by atoms with Crippen molar-refractivity contribution < 1.29 is 11.7 Å². The summed E-state index contributed by atoms with van der Waals surface area (Å²) in [6.07, 6.45) is 0. The Morgan fingerprint density at radius 1 is 0.436 bits per heavy atom. The maximum Gasteiger partial charge on any atom is 0.816 e. The fraction of sp³-hybridized carbons (Fsp3) is 0.0139. The first-order chi connectivity index (χ1) is 46.2. The summed E-state index contributed by atoms with van der Waals surface area (Å²) in [6.45, 7) is 8.55. The van der Waals surface area contributed by atoms with Crippen LogP contribution in [0.5, 0.6) is 0 Å². The van der Waals surface area contributed by atoms with Crippen LogP contribution in [0.15, 0.2) is 286 Å². The molecule has 2 N–H and O–H groups in total. The summed E-state index contributed by atoms with van der Waals surface area (Å²) < 4.78 is 42.7. The van der Waals surface area contributed by atoms with Gasteiger partial charge in [-0.15, -0.1) is 0 Å². The van der Waals surface area contributed by atoms with E-state index < -0.39 is 37.4 Å². The van der Waals surface area contributed by atoms with Crippen LogP contribution in [0, 0.1) is 0 Å². The van der Waals surface area contributed by atoms with Gasteiger partial charge in [-0.25, -0.2) is 54.9 Å². The van der Waals surface area contributed by atoms with E-state index in [1.165, 1.54) is 0 Å². The zero-order valence-corrected chi connectivity index (χ0v) is 52.8. The molecule has 442 valence electrons. The molecule has 0 amide bonds. The smallest absolute Gasteiger partial charge is 0.400 e. The van der Waals surface area contributed by atoms with Gasteiger partial charge in [-0.3, -0.25) is 4.57 Å². The molecule has 11 aromatic rings. The lowest BCUT2D eigenvalue weighted by molar-refractivity contribution is 0.367. The lowest BCUT2D eigenvalue weighted by atomic mass is 10.1. The first kappa shape index (κ1) is 54.5. The molecule has 10 heterocycles. The molecule has 0 fully saturated rings. The van der Waals surface area contributed by atoms with E-state index in [4.69, 9.17) is 62.8 Å². The number of nitrogens with zero attached hydrogens (tertiary/aromatic N) is 15. The highest BCUT2D eigenvalue weighted by Gasteiger charge is 2.58. The Morgan fingerprint density at radius 2 is 0.926 bits per heavy atom. The van der Waals surface area contributed by atoms with Crippen molar-refractivity contribution in [3.05, 3.63) is 298 Å². The predicted octanol–water partition coefficient (Wildman–Crippen LogP) is 12.5. The maximum atomic E-state index is 18.5. The molecule has 19 nitrogen and oxygen atoms in total. The monoisotopic (exact) mass is 1270 g/mol. The first-order valence-electron chi connectivity index (χ1n) is 30.4. The van der Waals surface area contributed by atoms with Crippen LogP contribution in [0.25, 0.3) is 27.2 Å². The molecule has 8 aliphatic heterocycles. The first-order valence-corrected chi connectivity index (χ1v) is 35.0. The van der Waals surface area contributed by atoms with E-state index in [2.05, 4.69) is 34.3 Å². The van der Waals surface area contributed by atoms with Gasteiger partial charge in [0.15, 0.2) is 40.8 Å². The number of hydrogen-bond donors (Lipinski definition) is 1. The number of nitrogens with two attached hydrogens (primary N) is 1. The lowest BCUT2D eigenvalue weighted by Gasteiger charge is -2.34. The highest BCUT2D eigenvalue weighted by molar-refractivity contribution is 7.64. The Kier molecular flexibility index (Phi) is 12.1. The number of rotatable bonds is 6. The van der Waals surface area contributed by atoms with Gasteiger partial charge < -0.3 is 27.8 Å². The summed E-state index contributed by atoms with van der Waals surface area (Å²) in [6, 6.07) is 72.5. The number of hydrogen-bond acceptors (Lipinski definition) is 15. The molecule has 1 unspecified atom stereocenters. The minimum atomic E-state index is -4.95. The van der Waals surface area contributed by atoms with Crippen molar-refractivity contribution in [2.24, 2.45) is 54.9 Å². The van der Waals surface area contributed by atoms with Crippen LogP contribution in [0.3, 0.4) is 0 Å². The molecule has 0 saturated carbocycles. The largest absolute Gasteiger partial charge is 0.816 e. The normalized spacial score (nSPS) is 18.6. The van der Waals surface area contributed by atoms with Gasteiger partial charge in [0.1, 0.15) is 35.0 Å². The van der Waals surface area contributed by atoms with Crippen molar-refractivity contribution in [3.8, 4) is 0 Å². The SMILES string of the molecule is C=NC1=N/C(=N\c2c3ccccc3c3[n]2[Al]([O]P(=O)([O][Al]2[N]4C(=NC5=NC(=C)c6ccccc65)c5ccccc5C4=NC4=N/C(=N\c5c6ccccc6c(N)[n]52)c2ccccc24)c2ccccc2)[N]2Cc4ccccc4C2=NC2=N/C(=N\3)c3ccccc32)c2ccccc21. The van der Waals surface area contributed by atoms with Gasteiger partial charge in [0, 0.05) is 89.3 Å². The zero-order chi connectivity index (χ0) is 62.5. The topological polar surface area (TPSA) is 214 Å². The van der Waals surface area contributed by atoms with E-state index in [-0.39, 0.29) is 11.8 Å². The molecular formula is C72H45Al2N16O3P. The predicted molar refractivity (Wildman–Crippen MR) is 375 cm³/mol. The van der Waals surface area contributed by atoms with Crippen LogP contribution < -0.4 is 11.0 Å². The van der Waals surface area contributed by atoms with Gasteiger partial charge in [0.25, 0.3) is 0 Å². The molecule has 19 rings (SSSR count). The molecule has 22 heteroatoms. The lowest BCUT2D eigenvalue weighted by Crippen LogP contribution is -2.53. The van der Waals surface area contributed by atoms with E-state index >= 15 is 4.57 Å². The van der Waals surface area contributed by atoms with Crippen molar-refractivity contribution in [1.29, 1.82) is 0 Å². The summed E-state index contributed by atoms with van der Waals surface area (Å²) in [7, 11) is -4.95. The average molecular weight is 1270 g/mol. The fourth-order valence-electron chi connectivity index (χ4n) is 13.7.